The second kappa shape index (κ2) is 8.03. The minimum atomic E-state index is -0.734. The number of aliphatic carboxylic acids is 1. The Morgan fingerprint density at radius 3 is 1.93 bits per heavy atom. The van der Waals surface area contributed by atoms with E-state index in [9.17, 15) is 9.59 Å². The van der Waals surface area contributed by atoms with Gasteiger partial charge in [-0.15, -0.1) is 0 Å². The predicted octanol–water partition coefficient (Wildman–Crippen LogP) is 4.27. The van der Waals surface area contributed by atoms with Crippen molar-refractivity contribution >= 4 is 11.9 Å². The monoisotopic (exact) mass is 374 g/mol. The number of carboxylic acid groups (broad SMARTS) is 1. The fourth-order valence-electron chi connectivity index (χ4n) is 4.03. The van der Waals surface area contributed by atoms with Gasteiger partial charge in [0.25, 0.3) is 0 Å². The first-order chi connectivity index (χ1) is 12.9. The lowest BCUT2D eigenvalue weighted by Crippen LogP contribution is -2.18. The van der Waals surface area contributed by atoms with E-state index in [4.69, 9.17) is 18.7 Å². The van der Waals surface area contributed by atoms with E-state index in [2.05, 4.69) is 0 Å². The first kappa shape index (κ1) is 19.3. The van der Waals surface area contributed by atoms with Crippen LogP contribution in [-0.4, -0.2) is 24.2 Å². The quantitative estimate of drug-likeness (QED) is 0.790. The summed E-state index contributed by atoms with van der Waals surface area (Å²) in [7, 11) is 1.43. The smallest absolute Gasteiger partial charge is 0.313 e. The molecule has 27 heavy (non-hydrogen) atoms. The standard InChI is InChI=1S/C11H14O3.C10H12O3/c1-7-6-9-8(11(12)13-2)4-3-5-10(9)14-7;1-6-5-8-7(10(11)12)3-2-4-9(8)13-6/h6,8H,3-5H2,1-2H3;5,7H,2-4H2,1H3,(H,11,12). The number of methoxy groups -OCH3 is 1. The van der Waals surface area contributed by atoms with Crippen molar-refractivity contribution in [3.63, 3.8) is 0 Å². The van der Waals surface area contributed by atoms with Crippen LogP contribution in [0.25, 0.3) is 0 Å². The van der Waals surface area contributed by atoms with Gasteiger partial charge in [-0.05, 0) is 51.7 Å². The van der Waals surface area contributed by atoms with Crippen molar-refractivity contribution in [2.24, 2.45) is 0 Å². The van der Waals surface area contributed by atoms with Gasteiger partial charge in [0.1, 0.15) is 23.0 Å². The normalized spacial score (nSPS) is 20.7. The van der Waals surface area contributed by atoms with E-state index in [1.807, 2.05) is 26.0 Å². The Balaban J connectivity index is 0.000000156. The van der Waals surface area contributed by atoms with E-state index in [1.165, 1.54) is 7.11 Å². The van der Waals surface area contributed by atoms with Gasteiger partial charge in [-0.1, -0.05) is 0 Å². The van der Waals surface area contributed by atoms with Crippen molar-refractivity contribution in [3.05, 3.63) is 46.3 Å². The van der Waals surface area contributed by atoms with E-state index in [1.54, 1.807) is 0 Å². The summed E-state index contributed by atoms with van der Waals surface area (Å²) in [6, 6.07) is 3.81. The van der Waals surface area contributed by atoms with Crippen LogP contribution in [0.5, 0.6) is 0 Å². The van der Waals surface area contributed by atoms with Crippen LogP contribution in [0.15, 0.2) is 21.0 Å². The largest absolute Gasteiger partial charge is 0.481 e. The van der Waals surface area contributed by atoms with E-state index < -0.39 is 5.97 Å². The SMILES string of the molecule is COC(=O)C1CCCc2oc(C)cc21.Cc1cc2c(o1)CCCC2C(=O)O. The number of hydrogen-bond donors (Lipinski definition) is 1. The lowest BCUT2D eigenvalue weighted by Gasteiger charge is -2.18. The highest BCUT2D eigenvalue weighted by molar-refractivity contribution is 5.78. The van der Waals surface area contributed by atoms with Crippen molar-refractivity contribution in [3.8, 4) is 0 Å². The van der Waals surface area contributed by atoms with Crippen LogP contribution >= 0.6 is 0 Å². The summed E-state index contributed by atoms with van der Waals surface area (Å²) in [6.45, 7) is 3.77. The third-order valence-corrected chi connectivity index (χ3v) is 5.26. The molecule has 6 nitrogen and oxygen atoms in total. The molecule has 0 amide bonds. The van der Waals surface area contributed by atoms with Gasteiger partial charge >= 0.3 is 11.9 Å². The molecule has 0 saturated heterocycles. The maximum Gasteiger partial charge on any atom is 0.313 e. The van der Waals surface area contributed by atoms with Gasteiger partial charge in [-0.25, -0.2) is 0 Å². The molecule has 2 aromatic rings. The third kappa shape index (κ3) is 4.10. The summed E-state index contributed by atoms with van der Waals surface area (Å²) in [4.78, 5) is 22.4. The summed E-state index contributed by atoms with van der Waals surface area (Å²) < 4.78 is 15.7. The Kier molecular flexibility index (Phi) is 5.73. The number of furan rings is 2. The van der Waals surface area contributed by atoms with Crippen LogP contribution in [0.2, 0.25) is 0 Å². The maximum atomic E-state index is 11.5. The first-order valence-electron chi connectivity index (χ1n) is 9.39. The van der Waals surface area contributed by atoms with Crippen LogP contribution in [-0.2, 0) is 27.2 Å². The molecule has 146 valence electrons. The van der Waals surface area contributed by atoms with E-state index in [-0.39, 0.29) is 17.8 Å². The van der Waals surface area contributed by atoms with E-state index in [0.717, 1.165) is 72.7 Å². The van der Waals surface area contributed by atoms with Gasteiger partial charge in [0, 0.05) is 24.0 Å². The predicted molar refractivity (Wildman–Crippen MR) is 97.9 cm³/mol. The molecule has 2 aromatic heterocycles. The molecule has 2 atom stereocenters. The molecule has 2 aliphatic rings. The molecular formula is C21H26O6. The van der Waals surface area contributed by atoms with Crippen molar-refractivity contribution in [2.45, 2.75) is 64.2 Å². The number of aryl methyl sites for hydroxylation is 4. The minimum Gasteiger partial charge on any atom is -0.481 e. The number of carbonyl (C=O) groups excluding carboxylic acids is 1. The van der Waals surface area contributed by atoms with E-state index >= 15 is 0 Å². The van der Waals surface area contributed by atoms with Crippen molar-refractivity contribution in [2.75, 3.05) is 7.11 Å². The Hall–Kier alpha value is -2.50. The number of rotatable bonds is 2. The molecule has 0 bridgehead atoms. The van der Waals surface area contributed by atoms with E-state index in [0.29, 0.717) is 0 Å². The molecule has 0 fully saturated rings. The Labute approximate surface area is 158 Å². The molecular weight excluding hydrogens is 348 g/mol. The summed E-state index contributed by atoms with van der Waals surface area (Å²) in [6.07, 6.45) is 5.35. The Bertz CT molecular complexity index is 828. The number of ether oxygens (including phenoxy) is 1. The molecule has 6 heteroatoms. The zero-order chi connectivity index (χ0) is 19.6. The maximum absolute atomic E-state index is 11.5. The molecule has 2 aliphatic carbocycles. The molecule has 2 heterocycles. The molecule has 0 aliphatic heterocycles. The number of carbonyl (C=O) groups is 2. The van der Waals surface area contributed by atoms with Crippen LogP contribution in [0, 0.1) is 13.8 Å². The first-order valence-corrected chi connectivity index (χ1v) is 9.39. The van der Waals surface area contributed by atoms with Gasteiger partial charge in [0.2, 0.25) is 0 Å². The molecule has 0 radical (unpaired) electrons. The van der Waals surface area contributed by atoms with Gasteiger partial charge in [0.05, 0.1) is 18.9 Å². The number of hydrogen-bond acceptors (Lipinski definition) is 5. The average Bonchev–Trinajstić information content (AvgIpc) is 3.21. The average molecular weight is 374 g/mol. The molecule has 0 spiro atoms. The van der Waals surface area contributed by atoms with Crippen LogP contribution < -0.4 is 0 Å². The molecule has 0 aromatic carbocycles. The molecule has 4 rings (SSSR count). The molecule has 2 unspecified atom stereocenters. The topological polar surface area (TPSA) is 89.9 Å². The zero-order valence-electron chi connectivity index (χ0n) is 16.0. The summed E-state index contributed by atoms with van der Waals surface area (Å²) in [5, 5.41) is 8.95. The molecule has 1 N–H and O–H groups in total. The highest BCUT2D eigenvalue weighted by atomic mass is 16.5. The lowest BCUT2D eigenvalue weighted by atomic mass is 9.87. The van der Waals surface area contributed by atoms with Gasteiger partial charge < -0.3 is 18.7 Å². The summed E-state index contributed by atoms with van der Waals surface area (Å²) >= 11 is 0. The number of fused-ring (bicyclic) bond motifs is 2. The summed E-state index contributed by atoms with van der Waals surface area (Å²) in [5.41, 5.74) is 1.91. The van der Waals surface area contributed by atoms with Crippen molar-refractivity contribution < 1.29 is 28.3 Å². The van der Waals surface area contributed by atoms with Gasteiger partial charge in [0.15, 0.2) is 0 Å². The number of esters is 1. The van der Waals surface area contributed by atoms with Gasteiger partial charge in [-0.3, -0.25) is 9.59 Å². The minimum absolute atomic E-state index is 0.110. The third-order valence-electron chi connectivity index (χ3n) is 5.26. The second-order valence-electron chi connectivity index (χ2n) is 7.22. The van der Waals surface area contributed by atoms with Crippen LogP contribution in [0.3, 0.4) is 0 Å². The second-order valence-corrected chi connectivity index (χ2v) is 7.22. The number of carboxylic acids is 1. The van der Waals surface area contributed by atoms with Crippen LogP contribution in [0.1, 0.15) is 71.7 Å². The Morgan fingerprint density at radius 2 is 1.44 bits per heavy atom. The lowest BCUT2D eigenvalue weighted by molar-refractivity contribution is -0.143. The highest BCUT2D eigenvalue weighted by Crippen LogP contribution is 2.35. The van der Waals surface area contributed by atoms with Gasteiger partial charge in [-0.2, -0.15) is 0 Å². The van der Waals surface area contributed by atoms with Crippen LogP contribution in [0.4, 0.5) is 0 Å². The summed E-state index contributed by atoms with van der Waals surface area (Å²) in [5.74, 6) is 2.19. The Morgan fingerprint density at radius 1 is 0.963 bits per heavy atom. The fraction of sp³-hybridized carbons (Fsp3) is 0.524. The molecule has 0 saturated carbocycles. The van der Waals surface area contributed by atoms with Crippen molar-refractivity contribution in [1.29, 1.82) is 0 Å². The highest BCUT2D eigenvalue weighted by Gasteiger charge is 2.30. The van der Waals surface area contributed by atoms with Crippen molar-refractivity contribution in [1.82, 2.24) is 0 Å². The zero-order valence-corrected chi connectivity index (χ0v) is 16.0. The fourth-order valence-corrected chi connectivity index (χ4v) is 4.03.